The second kappa shape index (κ2) is 7.61. The molecule has 3 N–H and O–H groups in total. The minimum Gasteiger partial charge on any atom is -0.387 e. The summed E-state index contributed by atoms with van der Waals surface area (Å²) in [5.74, 6) is 0. The molecule has 0 aliphatic heterocycles. The van der Waals surface area contributed by atoms with Crippen LogP contribution in [0.2, 0.25) is 0 Å². The lowest BCUT2D eigenvalue weighted by atomic mass is 9.92. The number of rotatable bonds is 5. The standard InChI is InChI=1S/C14H22N2O3S/c1-19-13-5-3-2-4-11(13)16-14(18)15-8-12(17)10-6-7-20-9-10/h6-7,9,11-13,17H,2-5,8H2,1H3,(H2,15,16,18). The summed E-state index contributed by atoms with van der Waals surface area (Å²) in [5, 5.41) is 19.3. The van der Waals surface area contributed by atoms with Gasteiger partial charge >= 0.3 is 6.03 Å². The van der Waals surface area contributed by atoms with Crippen LogP contribution < -0.4 is 10.6 Å². The lowest BCUT2D eigenvalue weighted by molar-refractivity contribution is 0.0450. The van der Waals surface area contributed by atoms with Crippen LogP contribution in [0.5, 0.6) is 0 Å². The van der Waals surface area contributed by atoms with Crippen LogP contribution in [0.1, 0.15) is 37.4 Å². The molecule has 0 aromatic carbocycles. The molecule has 0 saturated heterocycles. The number of aliphatic hydroxyl groups excluding tert-OH is 1. The minimum absolute atomic E-state index is 0.0621. The van der Waals surface area contributed by atoms with Gasteiger partial charge in [-0.25, -0.2) is 4.79 Å². The predicted octanol–water partition coefficient (Wildman–Crippen LogP) is 2.04. The van der Waals surface area contributed by atoms with Gasteiger partial charge < -0.3 is 20.5 Å². The average Bonchev–Trinajstić information content (AvgIpc) is 2.99. The lowest BCUT2D eigenvalue weighted by Gasteiger charge is -2.31. The number of methoxy groups -OCH3 is 1. The van der Waals surface area contributed by atoms with Crippen LogP contribution in [0.25, 0.3) is 0 Å². The molecule has 2 amide bonds. The van der Waals surface area contributed by atoms with E-state index in [4.69, 9.17) is 4.74 Å². The SMILES string of the molecule is COC1CCCCC1NC(=O)NCC(O)c1ccsc1. The van der Waals surface area contributed by atoms with E-state index in [1.165, 1.54) is 11.3 Å². The second-order valence-electron chi connectivity index (χ2n) is 5.09. The van der Waals surface area contributed by atoms with Crippen molar-refractivity contribution in [2.24, 2.45) is 0 Å². The van der Waals surface area contributed by atoms with E-state index in [0.717, 1.165) is 31.2 Å². The fourth-order valence-electron chi connectivity index (χ4n) is 2.54. The molecular weight excluding hydrogens is 276 g/mol. The zero-order valence-corrected chi connectivity index (χ0v) is 12.5. The molecule has 0 radical (unpaired) electrons. The van der Waals surface area contributed by atoms with Crippen LogP contribution in [0, 0.1) is 0 Å². The molecule has 1 aliphatic carbocycles. The van der Waals surface area contributed by atoms with Gasteiger partial charge in [0.15, 0.2) is 0 Å². The zero-order valence-electron chi connectivity index (χ0n) is 11.7. The molecule has 20 heavy (non-hydrogen) atoms. The maximum Gasteiger partial charge on any atom is 0.315 e. The van der Waals surface area contributed by atoms with Gasteiger partial charge in [0.05, 0.1) is 18.2 Å². The van der Waals surface area contributed by atoms with Gasteiger partial charge in [0.25, 0.3) is 0 Å². The average molecular weight is 298 g/mol. The van der Waals surface area contributed by atoms with Crippen LogP contribution in [0.15, 0.2) is 16.8 Å². The van der Waals surface area contributed by atoms with E-state index in [2.05, 4.69) is 10.6 Å². The van der Waals surface area contributed by atoms with Gasteiger partial charge in [-0.3, -0.25) is 0 Å². The quantitative estimate of drug-likeness (QED) is 0.779. The van der Waals surface area contributed by atoms with Crippen molar-refractivity contribution in [3.05, 3.63) is 22.4 Å². The third kappa shape index (κ3) is 4.19. The van der Waals surface area contributed by atoms with Gasteiger partial charge in [-0.05, 0) is 35.2 Å². The number of amides is 2. The Hall–Kier alpha value is -1.11. The molecule has 5 nitrogen and oxygen atoms in total. The molecule has 1 aromatic rings. The van der Waals surface area contributed by atoms with E-state index < -0.39 is 6.10 Å². The highest BCUT2D eigenvalue weighted by molar-refractivity contribution is 7.07. The Bertz CT molecular complexity index is 411. The topological polar surface area (TPSA) is 70.6 Å². The molecular formula is C14H22N2O3S. The van der Waals surface area contributed by atoms with Crippen molar-refractivity contribution < 1.29 is 14.6 Å². The summed E-state index contributed by atoms with van der Waals surface area (Å²) < 4.78 is 5.40. The summed E-state index contributed by atoms with van der Waals surface area (Å²) in [7, 11) is 1.68. The van der Waals surface area contributed by atoms with Crippen molar-refractivity contribution in [3.8, 4) is 0 Å². The first kappa shape index (κ1) is 15.3. The molecule has 3 atom stereocenters. The third-order valence-electron chi connectivity index (χ3n) is 3.71. The molecule has 0 bridgehead atoms. The number of nitrogens with one attached hydrogen (secondary N) is 2. The number of ether oxygens (including phenoxy) is 1. The van der Waals surface area contributed by atoms with Crippen molar-refractivity contribution in [1.82, 2.24) is 10.6 Å². The largest absolute Gasteiger partial charge is 0.387 e. The maximum absolute atomic E-state index is 11.9. The molecule has 112 valence electrons. The van der Waals surface area contributed by atoms with E-state index in [-0.39, 0.29) is 24.7 Å². The van der Waals surface area contributed by atoms with E-state index >= 15 is 0 Å². The molecule has 6 heteroatoms. The fourth-order valence-corrected chi connectivity index (χ4v) is 3.24. The lowest BCUT2D eigenvalue weighted by Crippen LogP contribution is -2.50. The van der Waals surface area contributed by atoms with Gasteiger partial charge in [-0.1, -0.05) is 12.8 Å². The Morgan fingerprint density at radius 1 is 1.55 bits per heavy atom. The number of carbonyl (C=O) groups is 1. The normalized spacial score (nSPS) is 24.1. The van der Waals surface area contributed by atoms with E-state index in [0.29, 0.717) is 0 Å². The fraction of sp³-hybridized carbons (Fsp3) is 0.643. The number of aliphatic hydroxyl groups is 1. The third-order valence-corrected chi connectivity index (χ3v) is 4.41. The molecule has 3 unspecified atom stereocenters. The monoisotopic (exact) mass is 298 g/mol. The van der Waals surface area contributed by atoms with E-state index in [1.54, 1.807) is 7.11 Å². The number of urea groups is 1. The van der Waals surface area contributed by atoms with Crippen LogP contribution in [-0.2, 0) is 4.74 Å². The van der Waals surface area contributed by atoms with Gasteiger partial charge in [-0.2, -0.15) is 11.3 Å². The molecule has 1 fully saturated rings. The van der Waals surface area contributed by atoms with Crippen LogP contribution in [0.3, 0.4) is 0 Å². The smallest absolute Gasteiger partial charge is 0.315 e. The first-order valence-electron chi connectivity index (χ1n) is 6.98. The van der Waals surface area contributed by atoms with Gasteiger partial charge in [-0.15, -0.1) is 0 Å². The van der Waals surface area contributed by atoms with Crippen molar-refractivity contribution in [3.63, 3.8) is 0 Å². The number of carbonyl (C=O) groups excluding carboxylic acids is 1. The maximum atomic E-state index is 11.9. The summed E-state index contributed by atoms with van der Waals surface area (Å²) in [6.07, 6.45) is 3.63. The van der Waals surface area contributed by atoms with Crippen LogP contribution >= 0.6 is 11.3 Å². The summed E-state index contributed by atoms with van der Waals surface area (Å²) >= 11 is 1.53. The predicted molar refractivity (Wildman–Crippen MR) is 78.9 cm³/mol. The summed E-state index contributed by atoms with van der Waals surface area (Å²) in [5.41, 5.74) is 0.836. The molecule has 2 rings (SSSR count). The molecule has 0 spiro atoms. The highest BCUT2D eigenvalue weighted by atomic mass is 32.1. The van der Waals surface area contributed by atoms with Crippen LogP contribution in [0.4, 0.5) is 4.79 Å². The Morgan fingerprint density at radius 3 is 3.05 bits per heavy atom. The van der Waals surface area contributed by atoms with Gasteiger partial charge in [0, 0.05) is 13.7 Å². The Balaban J connectivity index is 1.74. The highest BCUT2D eigenvalue weighted by Gasteiger charge is 2.26. The first-order chi connectivity index (χ1) is 9.70. The number of hydrogen-bond acceptors (Lipinski definition) is 4. The Labute approximate surface area is 123 Å². The molecule has 1 saturated carbocycles. The Kier molecular flexibility index (Phi) is 5.82. The van der Waals surface area contributed by atoms with Gasteiger partial charge in [0.1, 0.15) is 0 Å². The molecule has 1 aliphatic rings. The molecule has 1 aromatic heterocycles. The van der Waals surface area contributed by atoms with Crippen LogP contribution in [-0.4, -0.2) is 36.9 Å². The van der Waals surface area contributed by atoms with Crippen molar-refractivity contribution in [1.29, 1.82) is 0 Å². The Morgan fingerprint density at radius 2 is 2.35 bits per heavy atom. The zero-order chi connectivity index (χ0) is 14.4. The van der Waals surface area contributed by atoms with Crippen molar-refractivity contribution >= 4 is 17.4 Å². The van der Waals surface area contributed by atoms with E-state index in [9.17, 15) is 9.90 Å². The summed E-state index contributed by atoms with van der Waals surface area (Å²) in [4.78, 5) is 11.9. The summed E-state index contributed by atoms with van der Waals surface area (Å²) in [6.45, 7) is 0.215. The number of thiophene rings is 1. The summed E-state index contributed by atoms with van der Waals surface area (Å²) in [6, 6.07) is 1.68. The van der Waals surface area contributed by atoms with Crippen molar-refractivity contribution in [2.75, 3.05) is 13.7 Å². The van der Waals surface area contributed by atoms with Gasteiger partial charge in [0.2, 0.25) is 0 Å². The molecule has 1 heterocycles. The number of hydrogen-bond donors (Lipinski definition) is 3. The highest BCUT2D eigenvalue weighted by Crippen LogP contribution is 2.20. The van der Waals surface area contributed by atoms with E-state index in [1.807, 2.05) is 16.8 Å². The van der Waals surface area contributed by atoms with Crippen molar-refractivity contribution in [2.45, 2.75) is 43.9 Å². The minimum atomic E-state index is -0.656. The second-order valence-corrected chi connectivity index (χ2v) is 5.87. The first-order valence-corrected chi connectivity index (χ1v) is 7.92.